The highest BCUT2D eigenvalue weighted by molar-refractivity contribution is 9.10. The number of aliphatic hydroxyl groups is 1. The molecule has 1 aliphatic rings. The molecule has 1 fully saturated rings. The molecule has 1 aromatic heterocycles. The Balaban J connectivity index is 1.91. The number of aromatic nitrogens is 1. The van der Waals surface area contributed by atoms with Gasteiger partial charge in [-0.15, -0.1) is 11.3 Å². The summed E-state index contributed by atoms with van der Waals surface area (Å²) in [6.45, 7) is 0. The van der Waals surface area contributed by atoms with Gasteiger partial charge in [-0.1, -0.05) is 28.1 Å². The average molecular weight is 486 g/mol. The van der Waals surface area contributed by atoms with Crippen LogP contribution in [0.25, 0.3) is 5.76 Å². The van der Waals surface area contributed by atoms with Crippen molar-refractivity contribution in [3.8, 4) is 0 Å². The van der Waals surface area contributed by atoms with Crippen LogP contribution in [0.5, 0.6) is 0 Å². The number of benzene rings is 2. The van der Waals surface area contributed by atoms with Gasteiger partial charge in [-0.2, -0.15) is 0 Å². The van der Waals surface area contributed by atoms with Crippen LogP contribution < -0.4 is 4.90 Å². The molecule has 150 valence electrons. The minimum Gasteiger partial charge on any atom is -0.507 e. The maximum Gasteiger partial charge on any atom is 0.301 e. The van der Waals surface area contributed by atoms with Crippen molar-refractivity contribution in [3.05, 3.63) is 91.4 Å². The van der Waals surface area contributed by atoms with E-state index >= 15 is 0 Å². The van der Waals surface area contributed by atoms with Crippen molar-refractivity contribution in [1.82, 2.24) is 4.98 Å². The van der Waals surface area contributed by atoms with Crippen molar-refractivity contribution in [2.45, 2.75) is 6.04 Å². The van der Waals surface area contributed by atoms with Crippen LogP contribution in [0.1, 0.15) is 17.2 Å². The summed E-state index contributed by atoms with van der Waals surface area (Å²) in [5, 5.41) is 23.9. The predicted octanol–water partition coefficient (Wildman–Crippen LogP) is 4.44. The molecule has 0 unspecified atom stereocenters. The Kier molecular flexibility index (Phi) is 5.18. The molecule has 10 heteroatoms. The summed E-state index contributed by atoms with van der Waals surface area (Å²) in [5.41, 5.74) is 0.570. The summed E-state index contributed by atoms with van der Waals surface area (Å²) in [6.07, 6.45) is 1.50. The minimum atomic E-state index is -0.972. The second kappa shape index (κ2) is 7.81. The maximum absolute atomic E-state index is 12.9. The molecule has 8 nitrogen and oxygen atoms in total. The lowest BCUT2D eigenvalue weighted by molar-refractivity contribution is -0.384. The van der Waals surface area contributed by atoms with E-state index in [2.05, 4.69) is 20.9 Å². The summed E-state index contributed by atoms with van der Waals surface area (Å²) in [7, 11) is 0. The van der Waals surface area contributed by atoms with E-state index in [1.807, 2.05) is 0 Å². The summed E-state index contributed by atoms with van der Waals surface area (Å²) in [6, 6.07) is 11.2. The van der Waals surface area contributed by atoms with Gasteiger partial charge in [0.05, 0.1) is 16.5 Å². The monoisotopic (exact) mass is 485 g/mol. The SMILES string of the molecule is O=C1C(=O)N(c2nccs2)[C@@H](c2ccc([N+](=O)[O-])cc2)C1=C(O)c1ccc(Br)cc1. The summed E-state index contributed by atoms with van der Waals surface area (Å²) in [5.74, 6) is -2.01. The number of aliphatic hydroxyl groups excluding tert-OH is 1. The number of ketones is 1. The van der Waals surface area contributed by atoms with E-state index in [9.17, 15) is 24.8 Å². The first-order chi connectivity index (χ1) is 14.4. The van der Waals surface area contributed by atoms with E-state index in [1.165, 1.54) is 46.7 Å². The number of nitro groups is 1. The van der Waals surface area contributed by atoms with Gasteiger partial charge in [0, 0.05) is 33.7 Å². The number of hydrogen-bond donors (Lipinski definition) is 1. The van der Waals surface area contributed by atoms with E-state index < -0.39 is 22.7 Å². The molecule has 0 bridgehead atoms. The molecule has 0 radical (unpaired) electrons. The second-order valence-electron chi connectivity index (χ2n) is 6.34. The number of halogens is 1. The molecule has 1 saturated heterocycles. The molecule has 3 aromatic rings. The van der Waals surface area contributed by atoms with Crippen LogP contribution in [0.4, 0.5) is 10.8 Å². The highest BCUT2D eigenvalue weighted by atomic mass is 79.9. The number of non-ortho nitro benzene ring substituents is 1. The van der Waals surface area contributed by atoms with Crippen LogP contribution in [0.3, 0.4) is 0 Å². The molecule has 0 saturated carbocycles. The third kappa shape index (κ3) is 3.40. The zero-order chi connectivity index (χ0) is 21.4. The standard InChI is InChI=1S/C20H12BrN3O5S/c21-13-5-1-12(2-6-13)17(25)15-16(11-3-7-14(8-4-11)24(28)29)23(19(27)18(15)26)20-22-9-10-30-20/h1-10,16,25H/t16-/m0/s1. The lowest BCUT2D eigenvalue weighted by Gasteiger charge is -2.22. The molecule has 2 heterocycles. The van der Waals surface area contributed by atoms with Gasteiger partial charge >= 0.3 is 5.91 Å². The van der Waals surface area contributed by atoms with Gasteiger partial charge in [0.2, 0.25) is 0 Å². The number of carbonyl (C=O) groups is 2. The predicted molar refractivity (Wildman–Crippen MR) is 114 cm³/mol. The van der Waals surface area contributed by atoms with Gasteiger partial charge in [0.15, 0.2) is 5.13 Å². The fraction of sp³-hybridized carbons (Fsp3) is 0.0500. The second-order valence-corrected chi connectivity index (χ2v) is 8.13. The number of nitro benzene ring substituents is 1. The summed E-state index contributed by atoms with van der Waals surface area (Å²) >= 11 is 4.48. The highest BCUT2D eigenvalue weighted by Gasteiger charge is 2.48. The number of nitrogens with zero attached hydrogens (tertiary/aromatic N) is 3. The minimum absolute atomic E-state index is 0.105. The number of carbonyl (C=O) groups excluding carboxylic acids is 2. The van der Waals surface area contributed by atoms with Gasteiger partial charge in [-0.3, -0.25) is 24.6 Å². The third-order valence-corrected chi connectivity index (χ3v) is 5.91. The van der Waals surface area contributed by atoms with E-state index in [-0.39, 0.29) is 22.2 Å². The van der Waals surface area contributed by atoms with E-state index in [1.54, 1.807) is 29.6 Å². The Bertz CT molecular complexity index is 1170. The molecule has 4 rings (SSSR count). The van der Waals surface area contributed by atoms with Crippen LogP contribution in [0, 0.1) is 10.1 Å². The normalized spacial score (nSPS) is 18.0. The fourth-order valence-electron chi connectivity index (χ4n) is 3.22. The van der Waals surface area contributed by atoms with Crippen LogP contribution >= 0.6 is 27.3 Å². The van der Waals surface area contributed by atoms with Crippen molar-refractivity contribution >= 4 is 55.5 Å². The first-order valence-electron chi connectivity index (χ1n) is 8.59. The van der Waals surface area contributed by atoms with Crippen LogP contribution in [0.2, 0.25) is 0 Å². The van der Waals surface area contributed by atoms with Crippen molar-refractivity contribution in [2.24, 2.45) is 0 Å². The summed E-state index contributed by atoms with van der Waals surface area (Å²) < 4.78 is 0.786. The number of hydrogen-bond acceptors (Lipinski definition) is 7. The first kappa shape index (κ1) is 19.9. The third-order valence-electron chi connectivity index (χ3n) is 4.61. The zero-order valence-electron chi connectivity index (χ0n) is 15.1. The molecule has 2 aromatic carbocycles. The topological polar surface area (TPSA) is 114 Å². The lowest BCUT2D eigenvalue weighted by atomic mass is 9.95. The smallest absolute Gasteiger partial charge is 0.301 e. The molecular formula is C20H12BrN3O5S. The van der Waals surface area contributed by atoms with Crippen molar-refractivity contribution in [1.29, 1.82) is 0 Å². The van der Waals surface area contributed by atoms with Gasteiger partial charge in [-0.25, -0.2) is 4.98 Å². The van der Waals surface area contributed by atoms with E-state index in [0.717, 1.165) is 4.47 Å². The molecular weight excluding hydrogens is 474 g/mol. The van der Waals surface area contributed by atoms with Crippen LogP contribution in [-0.4, -0.2) is 26.7 Å². The fourth-order valence-corrected chi connectivity index (χ4v) is 4.15. The molecule has 0 aliphatic carbocycles. The number of amides is 1. The molecule has 1 N–H and O–H groups in total. The first-order valence-corrected chi connectivity index (χ1v) is 10.3. The molecule has 1 atom stereocenters. The Morgan fingerprint density at radius 2 is 1.80 bits per heavy atom. The van der Waals surface area contributed by atoms with Gasteiger partial charge < -0.3 is 5.11 Å². The number of anilines is 1. The molecule has 30 heavy (non-hydrogen) atoms. The quantitative estimate of drug-likeness (QED) is 0.192. The number of thiazole rings is 1. The summed E-state index contributed by atoms with van der Waals surface area (Å²) in [4.78, 5) is 41.6. The van der Waals surface area contributed by atoms with E-state index in [0.29, 0.717) is 11.1 Å². The van der Waals surface area contributed by atoms with Gasteiger partial charge in [0.25, 0.3) is 11.5 Å². The van der Waals surface area contributed by atoms with Crippen molar-refractivity contribution in [2.75, 3.05) is 4.90 Å². The van der Waals surface area contributed by atoms with Gasteiger partial charge in [-0.05, 0) is 29.8 Å². The Morgan fingerprint density at radius 3 is 2.37 bits per heavy atom. The molecule has 1 amide bonds. The molecule has 0 spiro atoms. The average Bonchev–Trinajstić information content (AvgIpc) is 3.35. The Morgan fingerprint density at radius 1 is 1.13 bits per heavy atom. The highest BCUT2D eigenvalue weighted by Crippen LogP contribution is 2.43. The van der Waals surface area contributed by atoms with Gasteiger partial charge in [0.1, 0.15) is 5.76 Å². The van der Waals surface area contributed by atoms with Crippen molar-refractivity contribution in [3.63, 3.8) is 0 Å². The Labute approximate surface area is 182 Å². The molecule has 1 aliphatic heterocycles. The number of rotatable bonds is 4. The Hall–Kier alpha value is -3.37. The maximum atomic E-state index is 12.9. The largest absolute Gasteiger partial charge is 0.507 e. The van der Waals surface area contributed by atoms with Crippen LogP contribution in [-0.2, 0) is 9.59 Å². The van der Waals surface area contributed by atoms with Crippen LogP contribution in [0.15, 0.2) is 70.2 Å². The van der Waals surface area contributed by atoms with Crippen molar-refractivity contribution < 1.29 is 19.6 Å². The number of Topliss-reactive ketones (excluding diaryl/α,β-unsaturated/α-hetero) is 1. The zero-order valence-corrected chi connectivity index (χ0v) is 17.5. The van der Waals surface area contributed by atoms with E-state index in [4.69, 9.17) is 0 Å². The lowest BCUT2D eigenvalue weighted by Crippen LogP contribution is -2.29.